The predicted octanol–water partition coefficient (Wildman–Crippen LogP) is 5.14. The van der Waals surface area contributed by atoms with Crippen LogP contribution < -0.4 is 9.62 Å². The maximum atomic E-state index is 12.6. The molecule has 3 aromatic carbocycles. The highest BCUT2D eigenvalue weighted by Crippen LogP contribution is 2.24. The Morgan fingerprint density at radius 3 is 2.00 bits per heavy atom. The zero-order valence-corrected chi connectivity index (χ0v) is 19.4. The zero-order chi connectivity index (χ0) is 22.8. The summed E-state index contributed by atoms with van der Waals surface area (Å²) in [6.07, 6.45) is 1.21. The van der Waals surface area contributed by atoms with Crippen LogP contribution in [0.1, 0.15) is 38.2 Å². The minimum Gasteiger partial charge on any atom is -0.322 e. The first kappa shape index (κ1) is 22.6. The number of amides is 1. The predicted molar refractivity (Wildman–Crippen MR) is 127 cm³/mol. The van der Waals surface area contributed by atoms with E-state index in [4.69, 9.17) is 0 Å². The lowest BCUT2D eigenvalue weighted by Crippen LogP contribution is -2.29. The minimum atomic E-state index is -3.46. The fourth-order valence-corrected chi connectivity index (χ4v) is 4.33. The third kappa shape index (κ3) is 5.73. The molecule has 3 aromatic rings. The summed E-state index contributed by atoms with van der Waals surface area (Å²) in [5.74, 6) is -0.174. The van der Waals surface area contributed by atoms with Gasteiger partial charge in [0.05, 0.1) is 18.5 Å². The molecular formula is C25H28N2O3S. The van der Waals surface area contributed by atoms with E-state index < -0.39 is 10.0 Å². The Morgan fingerprint density at radius 2 is 1.45 bits per heavy atom. The molecule has 6 heteroatoms. The first-order valence-electron chi connectivity index (χ1n) is 10.1. The maximum Gasteiger partial charge on any atom is 0.255 e. The van der Waals surface area contributed by atoms with Gasteiger partial charge in [0.1, 0.15) is 0 Å². The number of aryl methyl sites for hydroxylation is 4. The maximum absolute atomic E-state index is 12.6. The van der Waals surface area contributed by atoms with Gasteiger partial charge in [0.15, 0.2) is 0 Å². The molecule has 0 aliphatic carbocycles. The fourth-order valence-electron chi connectivity index (χ4n) is 3.45. The van der Waals surface area contributed by atoms with Gasteiger partial charge in [-0.25, -0.2) is 8.42 Å². The molecule has 0 saturated carbocycles. The number of anilines is 2. The van der Waals surface area contributed by atoms with Gasteiger partial charge in [0, 0.05) is 11.3 Å². The summed E-state index contributed by atoms with van der Waals surface area (Å²) in [6, 6.07) is 18.6. The van der Waals surface area contributed by atoms with Gasteiger partial charge in [-0.2, -0.15) is 0 Å². The van der Waals surface area contributed by atoms with Gasteiger partial charge in [-0.3, -0.25) is 9.10 Å². The number of carbonyl (C=O) groups is 1. The number of nitrogens with zero attached hydrogens (tertiary/aromatic N) is 1. The number of benzene rings is 3. The van der Waals surface area contributed by atoms with Gasteiger partial charge in [0.2, 0.25) is 10.0 Å². The molecule has 1 amide bonds. The highest BCUT2D eigenvalue weighted by molar-refractivity contribution is 7.92. The van der Waals surface area contributed by atoms with Crippen LogP contribution in [-0.2, 0) is 16.6 Å². The van der Waals surface area contributed by atoms with E-state index in [2.05, 4.69) is 5.32 Å². The van der Waals surface area contributed by atoms with Gasteiger partial charge in [-0.15, -0.1) is 0 Å². The molecule has 0 unspecified atom stereocenters. The highest BCUT2D eigenvalue weighted by Gasteiger charge is 2.18. The molecule has 5 nitrogen and oxygen atoms in total. The number of hydrogen-bond acceptors (Lipinski definition) is 3. The fraction of sp³-hybridized carbons (Fsp3) is 0.240. The Hall–Kier alpha value is -3.12. The second-order valence-corrected chi connectivity index (χ2v) is 9.97. The van der Waals surface area contributed by atoms with Gasteiger partial charge in [-0.1, -0.05) is 35.4 Å². The van der Waals surface area contributed by atoms with E-state index in [0.29, 0.717) is 16.9 Å². The van der Waals surface area contributed by atoms with Crippen LogP contribution in [0.2, 0.25) is 0 Å². The van der Waals surface area contributed by atoms with Crippen molar-refractivity contribution < 1.29 is 13.2 Å². The second kappa shape index (κ2) is 8.94. The van der Waals surface area contributed by atoms with Crippen molar-refractivity contribution in [2.75, 3.05) is 15.9 Å². The Morgan fingerprint density at radius 1 is 0.839 bits per heavy atom. The molecule has 0 fully saturated rings. The topological polar surface area (TPSA) is 66.5 Å². The largest absolute Gasteiger partial charge is 0.322 e. The first-order chi connectivity index (χ1) is 14.5. The first-order valence-corrected chi connectivity index (χ1v) is 11.9. The van der Waals surface area contributed by atoms with Crippen molar-refractivity contribution >= 4 is 27.3 Å². The Labute approximate surface area is 184 Å². The van der Waals surface area contributed by atoms with Crippen molar-refractivity contribution in [2.45, 2.75) is 34.2 Å². The summed E-state index contributed by atoms with van der Waals surface area (Å²) in [6.45, 7) is 8.09. The van der Waals surface area contributed by atoms with Crippen molar-refractivity contribution in [3.63, 3.8) is 0 Å². The summed E-state index contributed by atoms with van der Waals surface area (Å²) in [5, 5.41) is 2.90. The van der Waals surface area contributed by atoms with Crippen molar-refractivity contribution in [1.82, 2.24) is 0 Å². The van der Waals surface area contributed by atoms with E-state index >= 15 is 0 Å². The Kier molecular flexibility index (Phi) is 6.51. The molecule has 0 aliphatic heterocycles. The summed E-state index contributed by atoms with van der Waals surface area (Å²) >= 11 is 0. The molecule has 0 radical (unpaired) electrons. The molecule has 3 rings (SSSR count). The molecule has 0 aromatic heterocycles. The van der Waals surface area contributed by atoms with Crippen LogP contribution in [0, 0.1) is 27.7 Å². The lowest BCUT2D eigenvalue weighted by molar-refractivity contribution is 0.102. The van der Waals surface area contributed by atoms with Crippen molar-refractivity contribution in [1.29, 1.82) is 0 Å². The average Bonchev–Trinajstić information content (AvgIpc) is 2.68. The van der Waals surface area contributed by atoms with Crippen LogP contribution in [0.15, 0.2) is 60.7 Å². The van der Waals surface area contributed by atoms with E-state index in [0.717, 1.165) is 27.8 Å². The normalized spacial score (nSPS) is 11.3. The number of sulfonamides is 1. The van der Waals surface area contributed by atoms with E-state index in [9.17, 15) is 13.2 Å². The third-order valence-corrected chi connectivity index (χ3v) is 6.34. The molecule has 0 aliphatic rings. The second-order valence-electron chi connectivity index (χ2n) is 8.07. The molecule has 1 N–H and O–H groups in total. The molecule has 0 heterocycles. The molecule has 0 spiro atoms. The van der Waals surface area contributed by atoms with E-state index in [1.807, 2.05) is 76.2 Å². The lowest BCUT2D eigenvalue weighted by Gasteiger charge is -2.23. The quantitative estimate of drug-likeness (QED) is 0.582. The van der Waals surface area contributed by atoms with Gasteiger partial charge >= 0.3 is 0 Å². The van der Waals surface area contributed by atoms with E-state index in [1.165, 1.54) is 10.6 Å². The van der Waals surface area contributed by atoms with Crippen LogP contribution in [0.5, 0.6) is 0 Å². The summed E-state index contributed by atoms with van der Waals surface area (Å²) in [5.41, 5.74) is 6.95. The molecule has 0 atom stereocenters. The van der Waals surface area contributed by atoms with Gasteiger partial charge in [0.25, 0.3) is 5.91 Å². The SMILES string of the molecule is Cc1cc(C)cc(C(=O)Nc2ccc(CN(c3ccc(C)c(C)c3)S(C)(=O)=O)cc2)c1. The summed E-state index contributed by atoms with van der Waals surface area (Å²) in [4.78, 5) is 12.6. The Balaban J connectivity index is 1.78. The Bertz CT molecular complexity index is 1200. The van der Waals surface area contributed by atoms with Gasteiger partial charge < -0.3 is 5.32 Å². The monoisotopic (exact) mass is 436 g/mol. The molecule has 0 saturated heterocycles. The van der Waals surface area contributed by atoms with Crippen LogP contribution in [0.25, 0.3) is 0 Å². The minimum absolute atomic E-state index is 0.174. The van der Waals surface area contributed by atoms with Gasteiger partial charge in [-0.05, 0) is 80.8 Å². The molecule has 162 valence electrons. The number of carbonyl (C=O) groups excluding carboxylic acids is 1. The summed E-state index contributed by atoms with van der Waals surface area (Å²) in [7, 11) is -3.46. The van der Waals surface area contributed by atoms with Crippen molar-refractivity contribution in [3.8, 4) is 0 Å². The molecule has 0 bridgehead atoms. The van der Waals surface area contributed by atoms with Crippen LogP contribution >= 0.6 is 0 Å². The molecular weight excluding hydrogens is 408 g/mol. The zero-order valence-electron chi connectivity index (χ0n) is 18.6. The van der Waals surface area contributed by atoms with Crippen LogP contribution in [0.4, 0.5) is 11.4 Å². The van der Waals surface area contributed by atoms with Crippen molar-refractivity contribution in [3.05, 3.63) is 94.0 Å². The summed E-state index contributed by atoms with van der Waals surface area (Å²) < 4.78 is 26.2. The average molecular weight is 437 g/mol. The highest BCUT2D eigenvalue weighted by atomic mass is 32.2. The lowest BCUT2D eigenvalue weighted by atomic mass is 10.1. The van der Waals surface area contributed by atoms with E-state index in [1.54, 1.807) is 12.1 Å². The van der Waals surface area contributed by atoms with Crippen LogP contribution in [0.3, 0.4) is 0 Å². The smallest absolute Gasteiger partial charge is 0.255 e. The third-order valence-electron chi connectivity index (χ3n) is 5.20. The number of rotatable bonds is 6. The number of nitrogens with one attached hydrogen (secondary N) is 1. The van der Waals surface area contributed by atoms with E-state index in [-0.39, 0.29) is 12.5 Å². The van der Waals surface area contributed by atoms with Crippen LogP contribution in [-0.4, -0.2) is 20.6 Å². The standard InChI is InChI=1S/C25H28N2O3S/c1-17-12-18(2)14-22(13-17)25(28)26-23-9-7-21(8-10-23)16-27(31(5,29)30)24-11-6-19(3)20(4)15-24/h6-15H,16H2,1-5H3,(H,26,28). The molecule has 31 heavy (non-hydrogen) atoms. The van der Waals surface area contributed by atoms with Crippen molar-refractivity contribution in [2.24, 2.45) is 0 Å². The number of hydrogen-bond donors (Lipinski definition) is 1.